The van der Waals surface area contributed by atoms with Gasteiger partial charge in [-0.15, -0.1) is 0 Å². The van der Waals surface area contributed by atoms with Crippen molar-refractivity contribution in [3.8, 4) is 0 Å². The monoisotopic (exact) mass is 147 g/mol. The van der Waals surface area contributed by atoms with Crippen molar-refractivity contribution in [3.05, 3.63) is 35.7 Å². The lowest BCUT2D eigenvalue weighted by Gasteiger charge is -1.98. The van der Waals surface area contributed by atoms with E-state index in [0.717, 1.165) is 5.69 Å². The van der Waals surface area contributed by atoms with Crippen LogP contribution in [0.25, 0.3) is 10.5 Å². The average molecular weight is 147 g/mol. The quantitative estimate of drug-likeness (QED) is 0.553. The fourth-order valence-electron chi connectivity index (χ4n) is 0.813. The molecule has 0 N–H and O–H groups in total. The molecule has 0 unspecified atom stereocenters. The molecule has 0 aliphatic heterocycles. The summed E-state index contributed by atoms with van der Waals surface area (Å²) in [6.45, 7) is 12.2. The third-order valence-electron chi connectivity index (χ3n) is 1.61. The van der Waals surface area contributed by atoms with Gasteiger partial charge in [-0.05, 0) is 6.92 Å². The number of rotatable bonds is 1. The van der Waals surface area contributed by atoms with Gasteiger partial charge in [-0.25, -0.2) is 9.83 Å². The van der Waals surface area contributed by atoms with Crippen LogP contribution in [0.2, 0.25) is 0 Å². The van der Waals surface area contributed by atoms with Crippen LogP contribution < -0.4 is 0 Å². The molecule has 0 bridgehead atoms. The van der Waals surface area contributed by atoms with Crippen LogP contribution in [-0.2, 0) is 7.05 Å². The van der Waals surface area contributed by atoms with Crippen LogP contribution in [0.5, 0.6) is 0 Å². The molecule has 11 heavy (non-hydrogen) atoms. The molecule has 1 heterocycles. The molecular weight excluding hydrogens is 138 g/mol. The second-order valence-electron chi connectivity index (χ2n) is 2.34. The highest BCUT2D eigenvalue weighted by Gasteiger charge is 2.05. The molecule has 1 rings (SSSR count). The van der Waals surface area contributed by atoms with Crippen molar-refractivity contribution in [2.75, 3.05) is 0 Å². The van der Waals surface area contributed by atoms with Crippen LogP contribution >= 0.6 is 0 Å². The van der Waals surface area contributed by atoms with Crippen molar-refractivity contribution in [1.29, 1.82) is 0 Å². The summed E-state index contributed by atoms with van der Waals surface area (Å²) in [5, 5.41) is 0. The van der Waals surface area contributed by atoms with Crippen molar-refractivity contribution >= 4 is 5.70 Å². The van der Waals surface area contributed by atoms with Crippen LogP contribution in [0, 0.1) is 13.5 Å². The minimum absolute atomic E-state index is 0.389. The maximum atomic E-state index is 6.72. The molecule has 0 aromatic carbocycles. The Hall–Kier alpha value is -1.56. The molecule has 3 heteroatoms. The summed E-state index contributed by atoms with van der Waals surface area (Å²) < 4.78 is 1.85. The van der Waals surface area contributed by atoms with Gasteiger partial charge >= 0.3 is 0 Å². The number of hydrogen-bond acceptors (Lipinski definition) is 1. The van der Waals surface area contributed by atoms with Crippen LogP contribution in [-0.4, -0.2) is 9.55 Å². The van der Waals surface area contributed by atoms with E-state index in [-0.39, 0.29) is 0 Å². The first kappa shape index (κ1) is 7.55. The molecule has 0 fully saturated rings. The van der Waals surface area contributed by atoms with E-state index in [1.54, 1.807) is 6.20 Å². The summed E-state index contributed by atoms with van der Waals surface area (Å²) in [6, 6.07) is 0. The summed E-state index contributed by atoms with van der Waals surface area (Å²) in [5.74, 6) is 0.650. The van der Waals surface area contributed by atoms with Gasteiger partial charge in [0.1, 0.15) is 5.82 Å². The standard InChI is InChI=1S/C8H9N3/c1-6-5-10-8(11(6)4)7(2)9-3/h5H,2H2,1,4H3. The van der Waals surface area contributed by atoms with Gasteiger partial charge in [0.15, 0.2) is 0 Å². The van der Waals surface area contributed by atoms with Crippen molar-refractivity contribution in [1.82, 2.24) is 9.55 Å². The van der Waals surface area contributed by atoms with Crippen molar-refractivity contribution < 1.29 is 0 Å². The summed E-state index contributed by atoms with van der Waals surface area (Å²) >= 11 is 0. The lowest BCUT2D eigenvalue weighted by atomic mass is 10.4. The molecule has 0 atom stereocenters. The largest absolute Gasteiger partial charge is 0.341 e. The zero-order chi connectivity index (χ0) is 8.43. The Morgan fingerprint density at radius 1 is 1.82 bits per heavy atom. The van der Waals surface area contributed by atoms with Gasteiger partial charge < -0.3 is 4.57 Å². The molecule has 3 nitrogen and oxygen atoms in total. The predicted octanol–water partition coefficient (Wildman–Crippen LogP) is 1.62. The molecule has 0 radical (unpaired) electrons. The fraction of sp³-hybridized carbons (Fsp3) is 0.250. The highest BCUT2D eigenvalue weighted by molar-refractivity contribution is 5.63. The molecule has 0 saturated carbocycles. The van der Waals surface area contributed by atoms with E-state index in [9.17, 15) is 0 Å². The summed E-state index contributed by atoms with van der Waals surface area (Å²) in [6.07, 6.45) is 1.73. The van der Waals surface area contributed by atoms with Gasteiger partial charge in [0, 0.05) is 18.9 Å². The second kappa shape index (κ2) is 2.59. The average Bonchev–Trinajstić information content (AvgIpc) is 2.32. The maximum Gasteiger partial charge on any atom is 0.221 e. The third kappa shape index (κ3) is 1.15. The Labute approximate surface area is 65.8 Å². The van der Waals surface area contributed by atoms with Gasteiger partial charge in [0.2, 0.25) is 5.70 Å². The molecule has 0 aliphatic rings. The Morgan fingerprint density at radius 3 is 2.82 bits per heavy atom. The van der Waals surface area contributed by atoms with E-state index in [1.807, 2.05) is 18.5 Å². The van der Waals surface area contributed by atoms with E-state index in [1.165, 1.54) is 0 Å². The minimum Gasteiger partial charge on any atom is -0.341 e. The molecule has 0 amide bonds. The Balaban J connectivity index is 3.17. The zero-order valence-electron chi connectivity index (χ0n) is 6.63. The van der Waals surface area contributed by atoms with E-state index in [4.69, 9.17) is 6.57 Å². The third-order valence-corrected chi connectivity index (χ3v) is 1.61. The summed E-state index contributed by atoms with van der Waals surface area (Å²) in [4.78, 5) is 7.24. The first-order valence-corrected chi connectivity index (χ1v) is 3.22. The molecule has 1 aromatic rings. The first-order chi connectivity index (χ1) is 5.16. The molecule has 1 aromatic heterocycles. The number of nitrogens with zero attached hydrogens (tertiary/aromatic N) is 3. The lowest BCUT2D eigenvalue weighted by Crippen LogP contribution is -1.95. The van der Waals surface area contributed by atoms with Gasteiger partial charge in [-0.1, -0.05) is 6.58 Å². The van der Waals surface area contributed by atoms with Crippen LogP contribution in [0.15, 0.2) is 12.8 Å². The minimum atomic E-state index is 0.389. The number of hydrogen-bond donors (Lipinski definition) is 0. The summed E-state index contributed by atoms with van der Waals surface area (Å²) in [7, 11) is 1.87. The Bertz CT molecular complexity index is 328. The molecule has 0 saturated heterocycles. The van der Waals surface area contributed by atoms with E-state index in [0.29, 0.717) is 11.5 Å². The van der Waals surface area contributed by atoms with E-state index >= 15 is 0 Å². The van der Waals surface area contributed by atoms with E-state index in [2.05, 4.69) is 16.4 Å². The molecule has 56 valence electrons. The van der Waals surface area contributed by atoms with Gasteiger partial charge in [-0.2, -0.15) is 0 Å². The van der Waals surface area contributed by atoms with Gasteiger partial charge in [-0.3, -0.25) is 0 Å². The molecule has 0 aliphatic carbocycles. The number of aromatic nitrogens is 2. The highest BCUT2D eigenvalue weighted by Crippen LogP contribution is 2.11. The SMILES string of the molecule is [C-]#[N+]C(=C)c1ncc(C)n1C. The van der Waals surface area contributed by atoms with Crippen LogP contribution in [0.4, 0.5) is 0 Å². The topological polar surface area (TPSA) is 22.2 Å². The first-order valence-electron chi connectivity index (χ1n) is 3.22. The molecule has 0 spiro atoms. The smallest absolute Gasteiger partial charge is 0.221 e. The van der Waals surface area contributed by atoms with Gasteiger partial charge in [0.05, 0.1) is 6.57 Å². The van der Waals surface area contributed by atoms with Crippen molar-refractivity contribution in [2.45, 2.75) is 6.92 Å². The highest BCUT2D eigenvalue weighted by atomic mass is 15.1. The maximum absolute atomic E-state index is 6.72. The summed E-state index contributed by atoms with van der Waals surface area (Å²) in [5.41, 5.74) is 1.42. The zero-order valence-corrected chi connectivity index (χ0v) is 6.63. The van der Waals surface area contributed by atoms with Crippen LogP contribution in [0.3, 0.4) is 0 Å². The lowest BCUT2D eigenvalue weighted by molar-refractivity contribution is 0.856. The molecular formula is C8H9N3. The van der Waals surface area contributed by atoms with Crippen LogP contribution in [0.1, 0.15) is 11.5 Å². The normalized spacial score (nSPS) is 9.18. The number of imidazole rings is 1. The van der Waals surface area contributed by atoms with E-state index < -0.39 is 0 Å². The van der Waals surface area contributed by atoms with Crippen molar-refractivity contribution in [3.63, 3.8) is 0 Å². The Kier molecular flexibility index (Phi) is 1.77. The fourth-order valence-corrected chi connectivity index (χ4v) is 0.813. The Morgan fingerprint density at radius 2 is 2.45 bits per heavy atom. The van der Waals surface area contributed by atoms with Gasteiger partial charge in [0.25, 0.3) is 0 Å². The second-order valence-corrected chi connectivity index (χ2v) is 2.34. The predicted molar refractivity (Wildman–Crippen MR) is 43.6 cm³/mol. The number of aryl methyl sites for hydroxylation is 1. The van der Waals surface area contributed by atoms with Crippen molar-refractivity contribution in [2.24, 2.45) is 7.05 Å².